The minimum atomic E-state index is -0.848. The first-order valence-electron chi connectivity index (χ1n) is 7.65. The molecule has 2 aromatic rings. The van der Waals surface area contributed by atoms with E-state index in [-0.39, 0.29) is 13.1 Å². The van der Waals surface area contributed by atoms with Crippen molar-refractivity contribution >= 4 is 11.9 Å². The predicted molar refractivity (Wildman–Crippen MR) is 84.2 cm³/mol. The number of imide groups is 1. The molecule has 1 saturated heterocycles. The minimum absolute atomic E-state index is 0.0355. The van der Waals surface area contributed by atoms with Crippen LogP contribution in [0.3, 0.4) is 0 Å². The van der Waals surface area contributed by atoms with Crippen molar-refractivity contribution in [1.82, 2.24) is 15.0 Å². The van der Waals surface area contributed by atoms with Gasteiger partial charge in [-0.15, -0.1) is 0 Å². The second kappa shape index (κ2) is 6.54. The highest BCUT2D eigenvalue weighted by Gasteiger charge is 2.39. The Morgan fingerprint density at radius 1 is 1.33 bits per heavy atom. The van der Waals surface area contributed by atoms with Gasteiger partial charge in [0, 0.05) is 24.7 Å². The zero-order chi connectivity index (χ0) is 17.1. The average Bonchev–Trinajstić information content (AvgIpc) is 3.08. The summed E-state index contributed by atoms with van der Waals surface area (Å²) in [6.45, 7) is 2.34. The number of rotatable bonds is 4. The van der Waals surface area contributed by atoms with Gasteiger partial charge in [-0.1, -0.05) is 35.5 Å². The fourth-order valence-electron chi connectivity index (χ4n) is 2.62. The summed E-state index contributed by atoms with van der Waals surface area (Å²) in [4.78, 5) is 27.2. The number of urea groups is 1. The fourth-order valence-corrected chi connectivity index (χ4v) is 2.62. The molecule has 3 amide bonds. The monoisotopic (exact) mass is 324 g/mol. The van der Waals surface area contributed by atoms with Crippen LogP contribution in [0.15, 0.2) is 40.9 Å². The standard InChI is InChI=1S/C17H16N4O3/c1-2-20-10-13(9-18)16(22)21(17(20)23)11-14-8-15(19-24-14)12-6-4-3-5-7-12/h3-8,13H,2,10-11H2,1H3. The lowest BCUT2D eigenvalue weighted by atomic mass is 10.1. The molecule has 0 radical (unpaired) electrons. The van der Waals surface area contributed by atoms with E-state index in [0.29, 0.717) is 18.0 Å². The summed E-state index contributed by atoms with van der Waals surface area (Å²) in [6, 6.07) is 12.7. The zero-order valence-corrected chi connectivity index (χ0v) is 13.2. The molecule has 0 bridgehead atoms. The second-order valence-electron chi connectivity index (χ2n) is 5.47. The molecule has 1 fully saturated rings. The number of carbonyl (C=O) groups is 2. The Morgan fingerprint density at radius 2 is 2.08 bits per heavy atom. The van der Waals surface area contributed by atoms with Crippen LogP contribution in [0.25, 0.3) is 11.3 Å². The van der Waals surface area contributed by atoms with Gasteiger partial charge in [-0.25, -0.2) is 4.79 Å². The van der Waals surface area contributed by atoms with E-state index in [1.165, 1.54) is 4.90 Å². The molecule has 1 aliphatic heterocycles. The molecule has 122 valence electrons. The maximum atomic E-state index is 12.4. The van der Waals surface area contributed by atoms with Gasteiger partial charge in [-0.05, 0) is 6.92 Å². The number of amides is 3. The van der Waals surface area contributed by atoms with E-state index in [9.17, 15) is 9.59 Å². The van der Waals surface area contributed by atoms with Gasteiger partial charge in [0.1, 0.15) is 11.6 Å². The first-order chi connectivity index (χ1) is 11.6. The third-order valence-electron chi connectivity index (χ3n) is 3.95. The molecule has 1 unspecified atom stereocenters. The number of nitriles is 1. The van der Waals surface area contributed by atoms with Crippen molar-refractivity contribution in [3.63, 3.8) is 0 Å². The van der Waals surface area contributed by atoms with Crippen molar-refractivity contribution in [3.05, 3.63) is 42.2 Å². The number of nitrogens with zero attached hydrogens (tertiary/aromatic N) is 4. The Labute approximate surface area is 139 Å². The van der Waals surface area contributed by atoms with E-state index in [1.807, 2.05) is 43.3 Å². The largest absolute Gasteiger partial charge is 0.359 e. The Kier molecular flexibility index (Phi) is 4.29. The van der Waals surface area contributed by atoms with E-state index in [1.54, 1.807) is 6.07 Å². The maximum Gasteiger partial charge on any atom is 0.327 e. The molecule has 7 nitrogen and oxygen atoms in total. The minimum Gasteiger partial charge on any atom is -0.359 e. The average molecular weight is 324 g/mol. The molecule has 0 spiro atoms. The predicted octanol–water partition coefficient (Wildman–Crippen LogP) is 2.27. The third-order valence-corrected chi connectivity index (χ3v) is 3.95. The van der Waals surface area contributed by atoms with E-state index in [2.05, 4.69) is 5.16 Å². The number of aromatic nitrogens is 1. The molecule has 0 aliphatic carbocycles. The van der Waals surface area contributed by atoms with Crippen molar-refractivity contribution in [2.45, 2.75) is 13.5 Å². The van der Waals surface area contributed by atoms with Gasteiger partial charge in [0.05, 0.1) is 12.6 Å². The molecule has 1 aromatic heterocycles. The zero-order valence-electron chi connectivity index (χ0n) is 13.2. The summed E-state index contributed by atoms with van der Waals surface area (Å²) < 4.78 is 5.26. The summed E-state index contributed by atoms with van der Waals surface area (Å²) >= 11 is 0. The van der Waals surface area contributed by atoms with Gasteiger partial charge in [-0.3, -0.25) is 9.69 Å². The van der Waals surface area contributed by atoms with Gasteiger partial charge < -0.3 is 9.42 Å². The number of benzene rings is 1. The van der Waals surface area contributed by atoms with E-state index in [0.717, 1.165) is 10.5 Å². The molecule has 0 saturated carbocycles. The van der Waals surface area contributed by atoms with Crippen LogP contribution in [-0.2, 0) is 11.3 Å². The van der Waals surface area contributed by atoms with Crippen molar-refractivity contribution in [2.24, 2.45) is 5.92 Å². The molecular formula is C17H16N4O3. The molecule has 3 rings (SSSR count). The second-order valence-corrected chi connectivity index (χ2v) is 5.47. The highest BCUT2D eigenvalue weighted by Crippen LogP contribution is 2.22. The van der Waals surface area contributed by atoms with Crippen LogP contribution in [0.5, 0.6) is 0 Å². The molecule has 1 aromatic carbocycles. The Morgan fingerprint density at radius 3 is 2.75 bits per heavy atom. The van der Waals surface area contributed by atoms with E-state index < -0.39 is 17.9 Å². The van der Waals surface area contributed by atoms with Crippen LogP contribution < -0.4 is 0 Å². The molecule has 24 heavy (non-hydrogen) atoms. The highest BCUT2D eigenvalue weighted by atomic mass is 16.5. The molecule has 0 N–H and O–H groups in total. The van der Waals surface area contributed by atoms with Gasteiger partial charge in [0.25, 0.3) is 0 Å². The van der Waals surface area contributed by atoms with E-state index >= 15 is 0 Å². The summed E-state index contributed by atoms with van der Waals surface area (Å²) in [5, 5.41) is 13.1. The quantitative estimate of drug-likeness (QED) is 0.860. The van der Waals surface area contributed by atoms with Crippen LogP contribution >= 0.6 is 0 Å². The van der Waals surface area contributed by atoms with Gasteiger partial charge in [0.15, 0.2) is 5.76 Å². The smallest absolute Gasteiger partial charge is 0.327 e. The van der Waals surface area contributed by atoms with Gasteiger partial charge in [-0.2, -0.15) is 5.26 Å². The molecule has 2 heterocycles. The summed E-state index contributed by atoms with van der Waals surface area (Å²) in [6.07, 6.45) is 0. The normalized spacial score (nSPS) is 17.9. The van der Waals surface area contributed by atoms with Crippen LogP contribution in [-0.4, -0.2) is 40.0 Å². The SMILES string of the molecule is CCN1CC(C#N)C(=O)N(Cc2cc(-c3ccccc3)no2)C1=O. The highest BCUT2D eigenvalue weighted by molar-refractivity contribution is 5.99. The summed E-state index contributed by atoms with van der Waals surface area (Å²) in [5.41, 5.74) is 1.51. The summed E-state index contributed by atoms with van der Waals surface area (Å²) in [7, 11) is 0. The van der Waals surface area contributed by atoms with Crippen LogP contribution in [0, 0.1) is 17.2 Å². The third kappa shape index (κ3) is 2.86. The van der Waals surface area contributed by atoms with Crippen molar-refractivity contribution in [1.29, 1.82) is 5.26 Å². The fraction of sp³-hybridized carbons (Fsp3) is 0.294. The maximum absolute atomic E-state index is 12.4. The molecule has 1 atom stereocenters. The first kappa shape index (κ1) is 15.7. The molecule has 1 aliphatic rings. The Bertz CT molecular complexity index is 794. The van der Waals surface area contributed by atoms with Crippen LogP contribution in [0.2, 0.25) is 0 Å². The van der Waals surface area contributed by atoms with E-state index in [4.69, 9.17) is 9.78 Å². The lowest BCUT2D eigenvalue weighted by Gasteiger charge is -2.35. The Hall–Kier alpha value is -3.14. The molecular weight excluding hydrogens is 308 g/mol. The lowest BCUT2D eigenvalue weighted by Crippen LogP contribution is -2.55. The topological polar surface area (TPSA) is 90.4 Å². The van der Waals surface area contributed by atoms with Crippen LogP contribution in [0.4, 0.5) is 4.79 Å². The molecule has 7 heteroatoms. The van der Waals surface area contributed by atoms with Gasteiger partial charge in [0.2, 0.25) is 5.91 Å². The first-order valence-corrected chi connectivity index (χ1v) is 7.65. The van der Waals surface area contributed by atoms with Crippen LogP contribution in [0.1, 0.15) is 12.7 Å². The number of hydrogen-bond acceptors (Lipinski definition) is 5. The van der Waals surface area contributed by atoms with Crippen molar-refractivity contribution < 1.29 is 14.1 Å². The summed E-state index contributed by atoms with van der Waals surface area (Å²) in [5.74, 6) is -0.950. The lowest BCUT2D eigenvalue weighted by molar-refractivity contribution is -0.134. The van der Waals surface area contributed by atoms with Crippen molar-refractivity contribution in [2.75, 3.05) is 13.1 Å². The number of hydrogen-bond donors (Lipinski definition) is 0. The number of carbonyl (C=O) groups excluding carboxylic acids is 2. The van der Waals surface area contributed by atoms with Crippen molar-refractivity contribution in [3.8, 4) is 17.3 Å². The Balaban J connectivity index is 1.82. The van der Waals surface area contributed by atoms with Gasteiger partial charge >= 0.3 is 6.03 Å².